The lowest BCUT2D eigenvalue weighted by Crippen LogP contribution is -2.09. The number of rotatable bonds is 4. The van der Waals surface area contributed by atoms with Gasteiger partial charge in [0, 0.05) is 28.6 Å². The van der Waals surface area contributed by atoms with E-state index in [2.05, 4.69) is 5.32 Å². The largest absolute Gasteiger partial charge is 0.496 e. The van der Waals surface area contributed by atoms with Crippen LogP contribution in [0.3, 0.4) is 0 Å². The lowest BCUT2D eigenvalue weighted by Gasteiger charge is -2.16. The minimum Gasteiger partial charge on any atom is -0.496 e. The molecule has 0 aromatic heterocycles. The number of halogens is 3. The molecule has 0 unspecified atom stereocenters. The van der Waals surface area contributed by atoms with Crippen LogP contribution in [0.4, 0.5) is 30.2 Å². The number of nitrogens with zero attached hydrogens (tertiary/aromatic N) is 1. The zero-order valence-electron chi connectivity index (χ0n) is 13.5. The Morgan fingerprint density at radius 2 is 1.65 bits per heavy atom. The Labute approximate surface area is 146 Å². The molecule has 0 fully saturated rings. The molecule has 0 amide bonds. The molecule has 8 heteroatoms. The summed E-state index contributed by atoms with van der Waals surface area (Å²) >= 11 is 0. The van der Waals surface area contributed by atoms with Gasteiger partial charge in [-0.2, -0.15) is 13.2 Å². The highest BCUT2D eigenvalue weighted by Gasteiger charge is 2.35. The van der Waals surface area contributed by atoms with Gasteiger partial charge >= 0.3 is 6.18 Å². The van der Waals surface area contributed by atoms with E-state index in [9.17, 15) is 23.3 Å². The van der Waals surface area contributed by atoms with Crippen molar-refractivity contribution in [2.75, 3.05) is 12.4 Å². The van der Waals surface area contributed by atoms with Crippen LogP contribution >= 0.6 is 0 Å². The van der Waals surface area contributed by atoms with Crippen LogP contribution in [-0.4, -0.2) is 12.0 Å². The predicted octanol–water partition coefficient (Wildman–Crippen LogP) is 5.52. The summed E-state index contributed by atoms with van der Waals surface area (Å²) in [5, 5.41) is 14.9. The lowest BCUT2D eigenvalue weighted by molar-refractivity contribution is -0.385. The molecule has 0 aliphatic rings. The summed E-state index contributed by atoms with van der Waals surface area (Å²) in [5.41, 5.74) is -1.56. The third-order valence-corrected chi connectivity index (χ3v) is 3.89. The fourth-order valence-corrected chi connectivity index (χ4v) is 2.69. The second-order valence-corrected chi connectivity index (χ2v) is 5.47. The van der Waals surface area contributed by atoms with E-state index < -0.39 is 22.4 Å². The van der Waals surface area contributed by atoms with E-state index in [0.717, 1.165) is 17.5 Å². The maximum Gasteiger partial charge on any atom is 0.418 e. The van der Waals surface area contributed by atoms with E-state index in [4.69, 9.17) is 4.74 Å². The summed E-state index contributed by atoms with van der Waals surface area (Å²) in [5.74, 6) is 0.589. The first-order chi connectivity index (χ1) is 12.3. The van der Waals surface area contributed by atoms with Gasteiger partial charge in [0.15, 0.2) is 0 Å². The highest BCUT2D eigenvalue weighted by molar-refractivity contribution is 5.99. The van der Waals surface area contributed by atoms with Gasteiger partial charge in [0.05, 0.1) is 23.3 Å². The van der Waals surface area contributed by atoms with E-state index >= 15 is 0 Å². The van der Waals surface area contributed by atoms with E-state index in [1.165, 1.54) is 7.11 Å². The Hall–Kier alpha value is -3.29. The maximum absolute atomic E-state index is 13.3. The maximum atomic E-state index is 13.3. The fraction of sp³-hybridized carbons (Fsp3) is 0.111. The lowest BCUT2D eigenvalue weighted by atomic mass is 10.1. The van der Waals surface area contributed by atoms with Crippen LogP contribution in [0.5, 0.6) is 5.75 Å². The number of hydrogen-bond acceptors (Lipinski definition) is 4. The van der Waals surface area contributed by atoms with E-state index in [1.807, 2.05) is 0 Å². The minimum absolute atomic E-state index is 0.265. The summed E-state index contributed by atoms with van der Waals surface area (Å²) in [6, 6.07) is 12.9. The number of methoxy groups -OCH3 is 1. The second-order valence-electron chi connectivity index (χ2n) is 5.47. The fourth-order valence-electron chi connectivity index (χ4n) is 2.69. The van der Waals surface area contributed by atoms with Crippen molar-refractivity contribution in [3.05, 3.63) is 70.3 Å². The number of alkyl halides is 3. The smallest absolute Gasteiger partial charge is 0.418 e. The van der Waals surface area contributed by atoms with Crippen molar-refractivity contribution in [1.29, 1.82) is 0 Å². The molecule has 0 aliphatic carbocycles. The van der Waals surface area contributed by atoms with Crippen LogP contribution in [0.25, 0.3) is 10.8 Å². The van der Waals surface area contributed by atoms with Gasteiger partial charge in [-0.1, -0.05) is 24.3 Å². The van der Waals surface area contributed by atoms with Gasteiger partial charge in [-0.3, -0.25) is 10.1 Å². The molecule has 0 aliphatic heterocycles. The minimum atomic E-state index is -4.74. The number of nitro groups is 1. The molecule has 0 heterocycles. The van der Waals surface area contributed by atoms with Crippen molar-refractivity contribution in [3.63, 3.8) is 0 Å². The Kier molecular flexibility index (Phi) is 4.41. The quantitative estimate of drug-likeness (QED) is 0.490. The first kappa shape index (κ1) is 17.5. The van der Waals surface area contributed by atoms with Crippen LogP contribution in [0.2, 0.25) is 0 Å². The number of nitrogens with one attached hydrogen (secondary N) is 1. The summed E-state index contributed by atoms with van der Waals surface area (Å²) in [7, 11) is 1.51. The Morgan fingerprint density at radius 1 is 1.00 bits per heavy atom. The molecular weight excluding hydrogens is 349 g/mol. The van der Waals surface area contributed by atoms with Gasteiger partial charge in [0.25, 0.3) is 5.69 Å². The van der Waals surface area contributed by atoms with E-state index in [1.54, 1.807) is 36.4 Å². The zero-order chi connectivity index (χ0) is 18.9. The predicted molar refractivity (Wildman–Crippen MR) is 91.9 cm³/mol. The zero-order valence-corrected chi connectivity index (χ0v) is 13.5. The van der Waals surface area contributed by atoms with Crippen LogP contribution in [0.1, 0.15) is 5.56 Å². The summed E-state index contributed by atoms with van der Waals surface area (Å²) in [4.78, 5) is 9.94. The van der Waals surface area contributed by atoms with Gasteiger partial charge in [-0.15, -0.1) is 0 Å². The van der Waals surface area contributed by atoms with Crippen molar-refractivity contribution < 1.29 is 22.8 Å². The molecule has 0 spiro atoms. The standard InChI is InChI=1S/C18H13F3N2O3/c1-26-17-9-8-15(12-4-2-3-5-13(12)17)22-16-7-6-11(23(24)25)10-14(16)18(19,20)21/h2-10,22H,1H3. The third kappa shape index (κ3) is 3.26. The number of hydrogen-bond donors (Lipinski definition) is 1. The molecular formula is C18H13F3N2O3. The Bertz CT molecular complexity index is 987. The number of nitro benzene ring substituents is 1. The molecule has 0 bridgehead atoms. The van der Waals surface area contributed by atoms with Gasteiger partial charge in [-0.25, -0.2) is 0 Å². The van der Waals surface area contributed by atoms with Crippen molar-refractivity contribution in [1.82, 2.24) is 0 Å². The summed E-state index contributed by atoms with van der Waals surface area (Å²) in [6.07, 6.45) is -4.74. The normalized spacial score (nSPS) is 11.4. The molecule has 134 valence electrons. The number of ether oxygens (including phenoxy) is 1. The molecule has 26 heavy (non-hydrogen) atoms. The second kappa shape index (κ2) is 6.55. The molecule has 3 aromatic carbocycles. The number of fused-ring (bicyclic) bond motifs is 1. The van der Waals surface area contributed by atoms with E-state index in [-0.39, 0.29) is 5.69 Å². The number of non-ortho nitro benzene ring substituents is 1. The molecule has 0 saturated heterocycles. The molecule has 3 rings (SSSR count). The van der Waals surface area contributed by atoms with Gasteiger partial charge in [-0.05, 0) is 18.2 Å². The number of benzene rings is 3. The molecule has 0 atom stereocenters. The molecule has 5 nitrogen and oxygen atoms in total. The number of anilines is 2. The van der Waals surface area contributed by atoms with Crippen molar-refractivity contribution in [3.8, 4) is 5.75 Å². The highest BCUT2D eigenvalue weighted by Crippen LogP contribution is 2.40. The topological polar surface area (TPSA) is 64.4 Å². The summed E-state index contributed by atoms with van der Waals surface area (Å²) in [6.45, 7) is 0. The molecule has 0 radical (unpaired) electrons. The van der Waals surface area contributed by atoms with Crippen molar-refractivity contribution in [2.45, 2.75) is 6.18 Å². The average Bonchev–Trinajstić information content (AvgIpc) is 2.61. The Balaban J connectivity index is 2.13. The van der Waals surface area contributed by atoms with Crippen LogP contribution in [0.15, 0.2) is 54.6 Å². The van der Waals surface area contributed by atoms with Gasteiger partial charge in [0.1, 0.15) is 5.75 Å². The molecule has 1 N–H and O–H groups in total. The van der Waals surface area contributed by atoms with Gasteiger partial charge < -0.3 is 10.1 Å². The monoisotopic (exact) mass is 362 g/mol. The van der Waals surface area contributed by atoms with Crippen molar-refractivity contribution in [2.24, 2.45) is 0 Å². The SMILES string of the molecule is COc1ccc(Nc2ccc([N+](=O)[O-])cc2C(F)(F)F)c2ccccc12. The highest BCUT2D eigenvalue weighted by atomic mass is 19.4. The Morgan fingerprint density at radius 3 is 2.27 bits per heavy atom. The third-order valence-electron chi connectivity index (χ3n) is 3.89. The summed E-state index contributed by atoms with van der Waals surface area (Å²) < 4.78 is 45.3. The van der Waals surface area contributed by atoms with Gasteiger partial charge in [0.2, 0.25) is 0 Å². The first-order valence-corrected chi connectivity index (χ1v) is 7.49. The molecule has 3 aromatic rings. The first-order valence-electron chi connectivity index (χ1n) is 7.49. The average molecular weight is 362 g/mol. The van der Waals surface area contributed by atoms with Crippen LogP contribution in [-0.2, 0) is 6.18 Å². The van der Waals surface area contributed by atoms with Crippen LogP contribution in [0, 0.1) is 10.1 Å². The molecule has 0 saturated carbocycles. The van der Waals surface area contributed by atoms with Crippen molar-refractivity contribution >= 4 is 27.8 Å². The van der Waals surface area contributed by atoms with E-state index in [0.29, 0.717) is 22.9 Å². The van der Waals surface area contributed by atoms with Crippen LogP contribution < -0.4 is 10.1 Å².